The van der Waals surface area contributed by atoms with Gasteiger partial charge in [0.1, 0.15) is 11.6 Å². The van der Waals surface area contributed by atoms with Crippen LogP contribution in [0, 0.1) is 6.07 Å². The van der Waals surface area contributed by atoms with Crippen molar-refractivity contribution in [3.63, 3.8) is 0 Å². The first-order valence-corrected chi connectivity index (χ1v) is 22.3. The zero-order valence-corrected chi connectivity index (χ0v) is 40.0. The van der Waals surface area contributed by atoms with E-state index in [9.17, 15) is 5.11 Å². The predicted molar refractivity (Wildman–Crippen MR) is 269 cm³/mol. The van der Waals surface area contributed by atoms with Crippen molar-refractivity contribution in [1.29, 1.82) is 0 Å². The van der Waals surface area contributed by atoms with Gasteiger partial charge in [0.25, 0.3) is 0 Å². The van der Waals surface area contributed by atoms with E-state index in [1.807, 2.05) is 24.4 Å². The Kier molecular flexibility index (Phi) is 12.0. The van der Waals surface area contributed by atoms with Crippen molar-refractivity contribution in [2.45, 2.75) is 45.4 Å². The normalized spacial score (nSPS) is 11.7. The SMILES string of the molecule is CC(C)(C)c1ccc(O)c(-c2nc3c(-c4[c-]c(-c5cc(-c6ccc(C(C)(C)c7ccccc7)cc6)ccn5)cc(-c5ccccc5)c4)cccc3n2-c2ccccc2-c2ccccc2)c1.[Pt]. The van der Waals surface area contributed by atoms with Crippen LogP contribution in [0.4, 0.5) is 0 Å². The fourth-order valence-electron chi connectivity index (χ4n) is 8.96. The second-order valence-corrected chi connectivity index (χ2v) is 18.4. The molecule has 326 valence electrons. The Morgan fingerprint density at radius 1 is 0.470 bits per heavy atom. The minimum atomic E-state index is -0.149. The van der Waals surface area contributed by atoms with E-state index in [-0.39, 0.29) is 37.6 Å². The molecule has 10 aromatic rings. The summed E-state index contributed by atoms with van der Waals surface area (Å²) in [6, 6.07) is 73.7. The Balaban J connectivity index is 0.00000548. The summed E-state index contributed by atoms with van der Waals surface area (Å²) in [5, 5.41) is 11.7. The number of hydrogen-bond donors (Lipinski definition) is 1. The molecule has 0 saturated carbocycles. The number of rotatable bonds is 9. The number of aromatic hydroxyl groups is 1. The first-order chi connectivity index (χ1) is 31.5. The molecule has 0 amide bonds. The zero-order chi connectivity index (χ0) is 44.7. The number of imidazole rings is 1. The Morgan fingerprint density at radius 2 is 1.06 bits per heavy atom. The molecule has 1 N–H and O–H groups in total. The number of hydrogen-bond acceptors (Lipinski definition) is 3. The molecule has 8 aromatic carbocycles. The van der Waals surface area contributed by atoms with Crippen molar-refractivity contribution in [2.24, 2.45) is 0 Å². The molecule has 0 fully saturated rings. The van der Waals surface area contributed by atoms with Gasteiger partial charge < -0.3 is 5.11 Å². The van der Waals surface area contributed by atoms with Gasteiger partial charge in [-0.15, -0.1) is 23.8 Å². The maximum Gasteiger partial charge on any atom is 0.148 e. The molecular formula is C61H50N3OPt-. The quantitative estimate of drug-likeness (QED) is 0.147. The van der Waals surface area contributed by atoms with Crippen LogP contribution < -0.4 is 0 Å². The minimum Gasteiger partial charge on any atom is -0.507 e. The molecule has 0 unspecified atom stereocenters. The minimum absolute atomic E-state index is 0. The zero-order valence-electron chi connectivity index (χ0n) is 37.7. The molecule has 0 aliphatic carbocycles. The summed E-state index contributed by atoms with van der Waals surface area (Å²) in [5.41, 5.74) is 16.8. The third-order valence-corrected chi connectivity index (χ3v) is 12.8. The van der Waals surface area contributed by atoms with Gasteiger partial charge in [0.15, 0.2) is 0 Å². The third-order valence-electron chi connectivity index (χ3n) is 12.8. The van der Waals surface area contributed by atoms with Crippen LogP contribution in [-0.4, -0.2) is 19.6 Å². The Morgan fingerprint density at radius 3 is 1.77 bits per heavy atom. The maximum atomic E-state index is 11.7. The molecule has 0 atom stereocenters. The number of phenols is 1. The van der Waals surface area contributed by atoms with Gasteiger partial charge in [-0.05, 0) is 74.7 Å². The molecule has 0 aliphatic heterocycles. The number of benzene rings is 8. The standard InChI is InChI=1S/C61H50N3O.Pt/c1-60(2,3)50-32-33-57(65)53(40-50)59-63-58-52(25-17-27-56(58)64(59)55-26-16-15-24-51(55)43-20-11-7-12-21-43)46-36-45(41-18-9-6-10-19-41)37-47(38-46)54-39-44(34-35-62-54)42-28-30-49(31-29-42)61(4,5)48-22-13-8-14-23-48;/h6-37,39-40,65H,1-5H3;/q-1;. The van der Waals surface area contributed by atoms with E-state index >= 15 is 0 Å². The summed E-state index contributed by atoms with van der Waals surface area (Å²) in [4.78, 5) is 10.5. The van der Waals surface area contributed by atoms with E-state index in [1.54, 1.807) is 6.07 Å². The molecular weight excluding hydrogens is 986 g/mol. The summed E-state index contributed by atoms with van der Waals surface area (Å²) >= 11 is 0. The van der Waals surface area contributed by atoms with Crippen molar-refractivity contribution in [1.82, 2.24) is 14.5 Å². The molecule has 2 aromatic heterocycles. The Bertz CT molecular complexity index is 3310. The van der Waals surface area contributed by atoms with E-state index in [4.69, 9.17) is 9.97 Å². The van der Waals surface area contributed by atoms with Gasteiger partial charge in [-0.25, -0.2) is 4.98 Å². The number of para-hydroxylation sites is 2. The summed E-state index contributed by atoms with van der Waals surface area (Å²) in [5.74, 6) is 0.833. The molecule has 0 saturated heterocycles. The topological polar surface area (TPSA) is 50.9 Å². The van der Waals surface area contributed by atoms with Crippen molar-refractivity contribution in [3.05, 3.63) is 229 Å². The van der Waals surface area contributed by atoms with Crippen LogP contribution in [0.3, 0.4) is 0 Å². The van der Waals surface area contributed by atoms with E-state index < -0.39 is 0 Å². The molecule has 0 spiro atoms. The van der Waals surface area contributed by atoms with E-state index in [2.05, 4.69) is 221 Å². The third kappa shape index (κ3) is 8.46. The number of pyridine rings is 1. The molecule has 2 heterocycles. The van der Waals surface area contributed by atoms with Crippen LogP contribution in [0.15, 0.2) is 206 Å². The molecule has 4 nitrogen and oxygen atoms in total. The second-order valence-electron chi connectivity index (χ2n) is 18.4. The predicted octanol–water partition coefficient (Wildman–Crippen LogP) is 15.5. The van der Waals surface area contributed by atoms with E-state index in [0.29, 0.717) is 11.4 Å². The van der Waals surface area contributed by atoms with Gasteiger partial charge in [-0.2, -0.15) is 0 Å². The molecule has 10 rings (SSSR count). The summed E-state index contributed by atoms with van der Waals surface area (Å²) in [7, 11) is 0. The van der Waals surface area contributed by atoms with Crippen molar-refractivity contribution in [2.75, 3.05) is 0 Å². The smallest absolute Gasteiger partial charge is 0.148 e. The van der Waals surface area contributed by atoms with Crippen LogP contribution in [0.25, 0.3) is 83.9 Å². The van der Waals surface area contributed by atoms with Crippen LogP contribution in [0.5, 0.6) is 5.75 Å². The maximum absolute atomic E-state index is 11.7. The van der Waals surface area contributed by atoms with Crippen molar-refractivity contribution in [3.8, 4) is 78.6 Å². The van der Waals surface area contributed by atoms with Crippen LogP contribution >= 0.6 is 0 Å². The largest absolute Gasteiger partial charge is 0.507 e. The number of aromatic nitrogens is 3. The Hall–Kier alpha value is -7.13. The van der Waals surface area contributed by atoms with Gasteiger partial charge in [0, 0.05) is 43.9 Å². The van der Waals surface area contributed by atoms with Gasteiger partial charge in [-0.1, -0.05) is 209 Å². The molecule has 0 radical (unpaired) electrons. The first kappa shape index (κ1) is 44.1. The average Bonchev–Trinajstić information content (AvgIpc) is 3.74. The first-order valence-electron chi connectivity index (χ1n) is 22.3. The van der Waals surface area contributed by atoms with Crippen molar-refractivity contribution >= 4 is 11.0 Å². The summed E-state index contributed by atoms with van der Waals surface area (Å²) in [6.07, 6.45) is 1.90. The molecule has 5 heteroatoms. The van der Waals surface area contributed by atoms with Gasteiger partial charge in [-0.3, -0.25) is 9.55 Å². The fraction of sp³-hybridized carbons (Fsp3) is 0.115. The van der Waals surface area contributed by atoms with Crippen LogP contribution in [0.1, 0.15) is 51.3 Å². The second kappa shape index (κ2) is 18.0. The van der Waals surface area contributed by atoms with Gasteiger partial charge >= 0.3 is 0 Å². The summed E-state index contributed by atoms with van der Waals surface area (Å²) in [6.45, 7) is 11.1. The van der Waals surface area contributed by atoms with E-state index in [1.165, 1.54) is 11.1 Å². The molecule has 0 aliphatic rings. The van der Waals surface area contributed by atoms with Crippen LogP contribution in [0.2, 0.25) is 0 Å². The molecule has 66 heavy (non-hydrogen) atoms. The van der Waals surface area contributed by atoms with Gasteiger partial charge in [0.2, 0.25) is 0 Å². The number of fused-ring (bicyclic) bond motifs is 1. The molecule has 0 bridgehead atoms. The average molecular weight is 1040 g/mol. The fourth-order valence-corrected chi connectivity index (χ4v) is 8.96. The van der Waals surface area contributed by atoms with E-state index in [0.717, 1.165) is 78.0 Å². The number of nitrogens with zero attached hydrogens (tertiary/aromatic N) is 3. The monoisotopic (exact) mass is 1040 g/mol. The Labute approximate surface area is 402 Å². The summed E-state index contributed by atoms with van der Waals surface area (Å²) < 4.78 is 2.21. The number of phenolic OH excluding ortho intramolecular Hbond substituents is 1. The van der Waals surface area contributed by atoms with Crippen LogP contribution in [-0.2, 0) is 31.9 Å². The van der Waals surface area contributed by atoms with Crippen molar-refractivity contribution < 1.29 is 26.2 Å². The van der Waals surface area contributed by atoms with Gasteiger partial charge in [0.05, 0.1) is 22.3 Å².